The molecule has 0 saturated carbocycles. The second-order valence-corrected chi connectivity index (χ2v) is 3.37. The van der Waals surface area contributed by atoms with Gasteiger partial charge in [0.2, 0.25) is 0 Å². The number of rotatable bonds is 2. The number of hydrogen-bond acceptors (Lipinski definition) is 2. The zero-order valence-electron chi connectivity index (χ0n) is 8.52. The van der Waals surface area contributed by atoms with Gasteiger partial charge in [-0.15, -0.1) is 0 Å². The van der Waals surface area contributed by atoms with Crippen LogP contribution < -0.4 is 0 Å². The molecule has 1 aromatic carbocycles. The van der Waals surface area contributed by atoms with E-state index in [0.717, 1.165) is 12.3 Å². The predicted octanol–water partition coefficient (Wildman–Crippen LogP) is 2.73. The molecule has 0 radical (unpaired) electrons. The van der Waals surface area contributed by atoms with E-state index in [0.29, 0.717) is 5.56 Å². The molecule has 1 aromatic heterocycles. The van der Waals surface area contributed by atoms with Gasteiger partial charge in [-0.05, 0) is 12.1 Å². The van der Waals surface area contributed by atoms with Crippen molar-refractivity contribution >= 4 is 5.97 Å². The molecule has 3 nitrogen and oxygen atoms in total. The molecule has 86 valence electrons. The van der Waals surface area contributed by atoms with Gasteiger partial charge in [0.1, 0.15) is 11.5 Å². The number of aromatic carboxylic acids is 1. The van der Waals surface area contributed by atoms with Gasteiger partial charge in [-0.3, -0.25) is 4.98 Å². The van der Waals surface area contributed by atoms with Crippen molar-refractivity contribution in [2.75, 3.05) is 0 Å². The Labute approximate surface area is 95.4 Å². The topological polar surface area (TPSA) is 50.2 Å². The quantitative estimate of drug-likeness (QED) is 0.870. The van der Waals surface area contributed by atoms with Gasteiger partial charge < -0.3 is 5.11 Å². The van der Waals surface area contributed by atoms with E-state index in [1.807, 2.05) is 0 Å². The molecule has 0 spiro atoms. The number of carboxylic acid groups (broad SMARTS) is 1. The molecule has 0 amide bonds. The van der Waals surface area contributed by atoms with E-state index < -0.39 is 17.6 Å². The molecule has 0 saturated heterocycles. The fraction of sp³-hybridized carbons (Fsp3) is 0. The zero-order valence-corrected chi connectivity index (χ0v) is 8.52. The molecule has 0 atom stereocenters. The maximum Gasteiger partial charge on any atom is 0.335 e. The number of carboxylic acids is 1. The van der Waals surface area contributed by atoms with E-state index in [-0.39, 0.29) is 11.3 Å². The lowest BCUT2D eigenvalue weighted by Crippen LogP contribution is -1.96. The molecule has 5 heteroatoms. The van der Waals surface area contributed by atoms with Crippen LogP contribution in [-0.4, -0.2) is 16.1 Å². The monoisotopic (exact) mass is 235 g/mol. The second-order valence-electron chi connectivity index (χ2n) is 3.37. The van der Waals surface area contributed by atoms with Gasteiger partial charge in [0.05, 0.1) is 11.8 Å². The Hall–Kier alpha value is -2.30. The first-order valence-corrected chi connectivity index (χ1v) is 4.72. The normalized spacial score (nSPS) is 10.2. The minimum absolute atomic E-state index is 0.0108. The fourth-order valence-electron chi connectivity index (χ4n) is 1.40. The maximum atomic E-state index is 13.4. The van der Waals surface area contributed by atoms with Gasteiger partial charge in [0.15, 0.2) is 5.82 Å². The van der Waals surface area contributed by atoms with Crippen LogP contribution in [-0.2, 0) is 0 Å². The molecule has 0 aliphatic rings. The largest absolute Gasteiger partial charge is 0.478 e. The summed E-state index contributed by atoms with van der Waals surface area (Å²) in [5.41, 5.74) is 0.479. The third-order valence-corrected chi connectivity index (χ3v) is 2.21. The van der Waals surface area contributed by atoms with E-state index in [9.17, 15) is 13.6 Å². The minimum Gasteiger partial charge on any atom is -0.478 e. The summed E-state index contributed by atoms with van der Waals surface area (Å²) in [6.07, 6.45) is 0.906. The average molecular weight is 235 g/mol. The summed E-state index contributed by atoms with van der Waals surface area (Å²) >= 11 is 0. The molecule has 1 heterocycles. The van der Waals surface area contributed by atoms with Crippen LogP contribution in [0, 0.1) is 11.6 Å². The lowest BCUT2D eigenvalue weighted by molar-refractivity contribution is 0.0697. The number of halogens is 2. The first-order valence-electron chi connectivity index (χ1n) is 4.72. The van der Waals surface area contributed by atoms with Crippen LogP contribution in [0.1, 0.15) is 10.4 Å². The van der Waals surface area contributed by atoms with Gasteiger partial charge >= 0.3 is 5.97 Å². The van der Waals surface area contributed by atoms with Crippen molar-refractivity contribution in [1.82, 2.24) is 4.98 Å². The minimum atomic E-state index is -1.07. The number of pyridine rings is 1. The Kier molecular flexibility index (Phi) is 2.82. The summed E-state index contributed by atoms with van der Waals surface area (Å²) < 4.78 is 26.0. The highest BCUT2D eigenvalue weighted by atomic mass is 19.1. The van der Waals surface area contributed by atoms with Crippen molar-refractivity contribution in [3.63, 3.8) is 0 Å². The number of carbonyl (C=O) groups is 1. The van der Waals surface area contributed by atoms with Crippen LogP contribution in [0.2, 0.25) is 0 Å². The molecule has 0 unspecified atom stereocenters. The van der Waals surface area contributed by atoms with Gasteiger partial charge in [0.25, 0.3) is 0 Å². The number of hydrogen-bond donors (Lipinski definition) is 1. The average Bonchev–Trinajstić information content (AvgIpc) is 2.29. The van der Waals surface area contributed by atoms with Crippen LogP contribution in [0.4, 0.5) is 8.78 Å². The van der Waals surface area contributed by atoms with E-state index in [1.54, 1.807) is 0 Å². The molecule has 0 aliphatic carbocycles. The molecular formula is C12H7F2NO2. The number of aromatic nitrogens is 1. The van der Waals surface area contributed by atoms with Crippen molar-refractivity contribution in [3.05, 3.63) is 53.7 Å². The molecule has 1 N–H and O–H groups in total. The number of benzene rings is 1. The highest BCUT2D eigenvalue weighted by Gasteiger charge is 2.09. The van der Waals surface area contributed by atoms with Crippen molar-refractivity contribution in [2.24, 2.45) is 0 Å². The molecule has 17 heavy (non-hydrogen) atoms. The SMILES string of the molecule is O=C(O)c1ccc(-c2ncc(F)cc2F)cc1. The molecule has 2 aromatic rings. The summed E-state index contributed by atoms with van der Waals surface area (Å²) in [5, 5.41) is 8.70. The second kappa shape index (κ2) is 4.29. The van der Waals surface area contributed by atoms with Gasteiger partial charge in [0, 0.05) is 11.6 Å². The summed E-state index contributed by atoms with van der Waals surface area (Å²) in [7, 11) is 0. The van der Waals surface area contributed by atoms with E-state index in [1.165, 1.54) is 24.3 Å². The molecule has 0 aliphatic heterocycles. The molecular weight excluding hydrogens is 228 g/mol. The van der Waals surface area contributed by atoms with Gasteiger partial charge in [-0.25, -0.2) is 13.6 Å². The Bertz CT molecular complexity index is 567. The summed E-state index contributed by atoms with van der Waals surface area (Å²) in [4.78, 5) is 14.2. The Morgan fingerprint density at radius 3 is 2.35 bits per heavy atom. The predicted molar refractivity (Wildman–Crippen MR) is 56.5 cm³/mol. The number of nitrogens with zero attached hydrogens (tertiary/aromatic N) is 1. The van der Waals surface area contributed by atoms with Crippen molar-refractivity contribution < 1.29 is 18.7 Å². The van der Waals surface area contributed by atoms with Gasteiger partial charge in [-0.2, -0.15) is 0 Å². The van der Waals surface area contributed by atoms with Crippen molar-refractivity contribution in [2.45, 2.75) is 0 Å². The zero-order chi connectivity index (χ0) is 12.4. The highest BCUT2D eigenvalue weighted by molar-refractivity contribution is 5.88. The lowest BCUT2D eigenvalue weighted by Gasteiger charge is -2.02. The summed E-state index contributed by atoms with van der Waals surface area (Å²) in [5.74, 6) is -2.61. The van der Waals surface area contributed by atoms with Crippen LogP contribution >= 0.6 is 0 Å². The maximum absolute atomic E-state index is 13.4. The third kappa shape index (κ3) is 2.28. The molecule has 2 rings (SSSR count). The van der Waals surface area contributed by atoms with Gasteiger partial charge in [-0.1, -0.05) is 12.1 Å². The van der Waals surface area contributed by atoms with Crippen LogP contribution in [0.5, 0.6) is 0 Å². The van der Waals surface area contributed by atoms with Crippen LogP contribution in [0.25, 0.3) is 11.3 Å². The first-order chi connectivity index (χ1) is 8.08. The Morgan fingerprint density at radius 1 is 1.18 bits per heavy atom. The van der Waals surface area contributed by atoms with Crippen LogP contribution in [0.3, 0.4) is 0 Å². The molecule has 0 bridgehead atoms. The Balaban J connectivity index is 2.43. The third-order valence-electron chi connectivity index (χ3n) is 2.21. The van der Waals surface area contributed by atoms with E-state index in [2.05, 4.69) is 4.98 Å². The Morgan fingerprint density at radius 2 is 1.82 bits per heavy atom. The smallest absolute Gasteiger partial charge is 0.335 e. The van der Waals surface area contributed by atoms with Crippen LogP contribution in [0.15, 0.2) is 36.5 Å². The lowest BCUT2D eigenvalue weighted by atomic mass is 10.1. The summed E-state index contributed by atoms with van der Waals surface area (Å²) in [6.45, 7) is 0. The molecule has 0 fully saturated rings. The summed E-state index contributed by atoms with van der Waals surface area (Å²) in [6, 6.07) is 6.25. The standard InChI is InChI=1S/C12H7F2NO2/c13-9-5-10(14)11(15-6-9)7-1-3-8(4-2-7)12(16)17/h1-6H,(H,16,17). The van der Waals surface area contributed by atoms with Crippen molar-refractivity contribution in [3.8, 4) is 11.3 Å². The van der Waals surface area contributed by atoms with E-state index in [4.69, 9.17) is 5.11 Å². The van der Waals surface area contributed by atoms with E-state index >= 15 is 0 Å². The van der Waals surface area contributed by atoms with Crippen molar-refractivity contribution in [1.29, 1.82) is 0 Å². The first kappa shape index (κ1) is 11.2. The fourth-order valence-corrected chi connectivity index (χ4v) is 1.40. The highest BCUT2D eigenvalue weighted by Crippen LogP contribution is 2.21.